The summed E-state index contributed by atoms with van der Waals surface area (Å²) in [5.41, 5.74) is 6.41. The van der Waals surface area contributed by atoms with Crippen LogP contribution in [-0.4, -0.2) is 0 Å². The second kappa shape index (κ2) is 3.12. The smallest absolute Gasteiger partial charge is 0.102 e. The molecule has 0 aromatic heterocycles. The molecule has 0 saturated heterocycles. The van der Waals surface area contributed by atoms with Crippen molar-refractivity contribution in [3.05, 3.63) is 27.2 Å². The molecule has 0 unspecified atom stereocenters. The molecule has 2 N–H and O–H groups in total. The Morgan fingerprint density at radius 2 is 2.18 bits per heavy atom. The molecule has 1 aromatic rings. The molecule has 0 radical (unpaired) electrons. The number of anilines is 1. The van der Waals surface area contributed by atoms with Crippen LogP contribution < -0.4 is 5.73 Å². The van der Waals surface area contributed by atoms with Crippen LogP contribution >= 0.6 is 27.5 Å². The summed E-state index contributed by atoms with van der Waals surface area (Å²) in [7, 11) is 0. The van der Waals surface area contributed by atoms with E-state index in [1.807, 2.05) is 6.07 Å². The maximum Gasteiger partial charge on any atom is 0.102 e. The molecule has 0 spiro atoms. The number of hydrogen-bond acceptors (Lipinski definition) is 2. The zero-order valence-electron chi connectivity index (χ0n) is 5.44. The normalized spacial score (nSPS) is 9.18. The second-order valence-corrected chi connectivity index (χ2v) is 3.14. The van der Waals surface area contributed by atoms with Crippen molar-refractivity contribution in [1.82, 2.24) is 0 Å². The summed E-state index contributed by atoms with van der Waals surface area (Å²) in [4.78, 5) is 0. The lowest BCUT2D eigenvalue weighted by molar-refractivity contribution is 1.47. The van der Waals surface area contributed by atoms with Crippen molar-refractivity contribution in [1.29, 1.82) is 5.26 Å². The lowest BCUT2D eigenvalue weighted by Crippen LogP contribution is -1.89. The molecule has 1 rings (SSSR count). The predicted molar refractivity (Wildman–Crippen MR) is 48.3 cm³/mol. The first-order valence-corrected chi connectivity index (χ1v) is 3.97. The Hall–Kier alpha value is -0.720. The van der Waals surface area contributed by atoms with Crippen molar-refractivity contribution in [2.24, 2.45) is 0 Å². The fourth-order valence-electron chi connectivity index (χ4n) is 0.671. The van der Waals surface area contributed by atoms with Crippen molar-refractivity contribution in [3.8, 4) is 6.07 Å². The summed E-state index contributed by atoms with van der Waals surface area (Å²) < 4.78 is 0.563. The Balaban J connectivity index is 3.44. The SMILES string of the molecule is N#Cc1c(Cl)ccc(N)c1Br. The molecule has 0 aliphatic rings. The summed E-state index contributed by atoms with van der Waals surface area (Å²) in [6.45, 7) is 0. The van der Waals surface area contributed by atoms with Gasteiger partial charge in [-0.2, -0.15) is 5.26 Å². The number of hydrogen-bond donors (Lipinski definition) is 1. The molecule has 0 atom stereocenters. The summed E-state index contributed by atoms with van der Waals surface area (Å²) in [5, 5.41) is 9.01. The van der Waals surface area contributed by atoms with Gasteiger partial charge in [0.25, 0.3) is 0 Å². The van der Waals surface area contributed by atoms with Crippen LogP contribution in [0.3, 0.4) is 0 Å². The number of nitrogens with two attached hydrogens (primary N) is 1. The van der Waals surface area contributed by atoms with Crippen molar-refractivity contribution in [2.75, 3.05) is 5.73 Å². The lowest BCUT2D eigenvalue weighted by Gasteiger charge is -2.00. The third kappa shape index (κ3) is 1.47. The van der Waals surface area contributed by atoms with Gasteiger partial charge >= 0.3 is 0 Å². The highest BCUT2D eigenvalue weighted by molar-refractivity contribution is 9.10. The van der Waals surface area contributed by atoms with Crippen LogP contribution in [0.1, 0.15) is 5.56 Å². The molecule has 4 heteroatoms. The average Bonchev–Trinajstić information content (AvgIpc) is 1.99. The number of halogens is 2. The topological polar surface area (TPSA) is 49.8 Å². The van der Waals surface area contributed by atoms with Gasteiger partial charge in [0.2, 0.25) is 0 Å². The molecular formula is C7H4BrClN2. The molecule has 0 aliphatic heterocycles. The van der Waals surface area contributed by atoms with E-state index in [0.29, 0.717) is 20.7 Å². The van der Waals surface area contributed by atoms with Crippen LogP contribution in [0.4, 0.5) is 5.69 Å². The Morgan fingerprint density at radius 3 is 2.64 bits per heavy atom. The standard InChI is InChI=1S/C7H4BrClN2/c8-7-4(3-10)5(9)1-2-6(7)11/h1-2H,11H2. The van der Waals surface area contributed by atoms with Crippen LogP contribution in [0.25, 0.3) is 0 Å². The molecular weight excluding hydrogens is 227 g/mol. The molecule has 56 valence electrons. The molecule has 11 heavy (non-hydrogen) atoms. The first-order chi connectivity index (χ1) is 5.16. The van der Waals surface area contributed by atoms with Crippen molar-refractivity contribution < 1.29 is 0 Å². The van der Waals surface area contributed by atoms with Gasteiger partial charge in [-0.05, 0) is 28.1 Å². The molecule has 0 bridgehead atoms. The van der Waals surface area contributed by atoms with Crippen LogP contribution in [-0.2, 0) is 0 Å². The van der Waals surface area contributed by atoms with E-state index in [0.717, 1.165) is 0 Å². The minimum Gasteiger partial charge on any atom is -0.398 e. The molecule has 2 nitrogen and oxygen atoms in total. The first-order valence-electron chi connectivity index (χ1n) is 2.80. The van der Waals surface area contributed by atoms with Gasteiger partial charge in [-0.15, -0.1) is 0 Å². The van der Waals surface area contributed by atoms with E-state index in [2.05, 4.69) is 15.9 Å². The monoisotopic (exact) mass is 230 g/mol. The van der Waals surface area contributed by atoms with Crippen molar-refractivity contribution >= 4 is 33.2 Å². The fourth-order valence-corrected chi connectivity index (χ4v) is 1.42. The van der Waals surface area contributed by atoms with Crippen LogP contribution in [0.5, 0.6) is 0 Å². The second-order valence-electron chi connectivity index (χ2n) is 1.94. The molecule has 0 saturated carbocycles. The number of nitriles is 1. The third-order valence-electron chi connectivity index (χ3n) is 1.23. The maximum absolute atomic E-state index is 8.60. The summed E-state index contributed by atoms with van der Waals surface area (Å²) >= 11 is 8.85. The molecule has 0 fully saturated rings. The van der Waals surface area contributed by atoms with E-state index in [1.54, 1.807) is 12.1 Å². The summed E-state index contributed by atoms with van der Waals surface area (Å²) in [5.74, 6) is 0. The molecule has 1 aromatic carbocycles. The van der Waals surface area contributed by atoms with E-state index < -0.39 is 0 Å². The van der Waals surface area contributed by atoms with E-state index >= 15 is 0 Å². The van der Waals surface area contributed by atoms with E-state index in [-0.39, 0.29) is 0 Å². The average molecular weight is 231 g/mol. The Labute approximate surface area is 77.7 Å². The molecule has 0 amide bonds. The zero-order chi connectivity index (χ0) is 8.43. The first kappa shape index (κ1) is 8.38. The third-order valence-corrected chi connectivity index (χ3v) is 2.40. The highest BCUT2D eigenvalue weighted by Gasteiger charge is 2.06. The van der Waals surface area contributed by atoms with Gasteiger partial charge in [0.1, 0.15) is 6.07 Å². The Morgan fingerprint density at radius 1 is 1.55 bits per heavy atom. The van der Waals surface area contributed by atoms with Crippen molar-refractivity contribution in [2.45, 2.75) is 0 Å². The predicted octanol–water partition coefficient (Wildman–Crippen LogP) is 2.56. The van der Waals surface area contributed by atoms with E-state index in [9.17, 15) is 0 Å². The van der Waals surface area contributed by atoms with Gasteiger partial charge in [0, 0.05) is 5.69 Å². The minimum absolute atomic E-state index is 0.381. The van der Waals surface area contributed by atoms with Gasteiger partial charge in [0.15, 0.2) is 0 Å². The van der Waals surface area contributed by atoms with Gasteiger partial charge in [-0.1, -0.05) is 11.6 Å². The van der Waals surface area contributed by atoms with E-state index in [4.69, 9.17) is 22.6 Å². The number of nitrogen functional groups attached to an aromatic ring is 1. The number of benzene rings is 1. The largest absolute Gasteiger partial charge is 0.398 e. The quantitative estimate of drug-likeness (QED) is 0.698. The Kier molecular flexibility index (Phi) is 2.38. The summed E-state index contributed by atoms with van der Waals surface area (Å²) in [6, 6.07) is 5.19. The van der Waals surface area contributed by atoms with Crippen LogP contribution in [0.15, 0.2) is 16.6 Å². The summed E-state index contributed by atoms with van der Waals surface area (Å²) in [6.07, 6.45) is 0. The molecule has 0 heterocycles. The maximum atomic E-state index is 8.60. The van der Waals surface area contributed by atoms with Gasteiger partial charge < -0.3 is 5.73 Å². The van der Waals surface area contributed by atoms with Crippen LogP contribution in [0, 0.1) is 11.3 Å². The zero-order valence-corrected chi connectivity index (χ0v) is 7.78. The molecule has 0 aliphatic carbocycles. The van der Waals surface area contributed by atoms with Gasteiger partial charge in [-0.25, -0.2) is 0 Å². The van der Waals surface area contributed by atoms with Gasteiger partial charge in [0.05, 0.1) is 15.1 Å². The van der Waals surface area contributed by atoms with Gasteiger partial charge in [-0.3, -0.25) is 0 Å². The van der Waals surface area contributed by atoms with Crippen molar-refractivity contribution in [3.63, 3.8) is 0 Å². The van der Waals surface area contributed by atoms with E-state index in [1.165, 1.54) is 0 Å². The van der Waals surface area contributed by atoms with Crippen LogP contribution in [0.2, 0.25) is 5.02 Å². The highest BCUT2D eigenvalue weighted by Crippen LogP contribution is 2.28. The lowest BCUT2D eigenvalue weighted by atomic mass is 10.2. The fraction of sp³-hybridized carbons (Fsp3) is 0. The Bertz CT molecular complexity index is 330. The number of rotatable bonds is 0. The highest BCUT2D eigenvalue weighted by atomic mass is 79.9. The minimum atomic E-state index is 0.381. The number of nitrogens with zero attached hydrogens (tertiary/aromatic N) is 1.